The molecule has 1 saturated heterocycles. The fourth-order valence-electron chi connectivity index (χ4n) is 1.95. The van der Waals surface area contributed by atoms with Crippen molar-refractivity contribution in [2.45, 2.75) is 6.92 Å². The van der Waals surface area contributed by atoms with Gasteiger partial charge in [-0.1, -0.05) is 53.8 Å². The molecule has 22 heavy (non-hydrogen) atoms. The van der Waals surface area contributed by atoms with E-state index in [-0.39, 0.29) is 5.91 Å². The van der Waals surface area contributed by atoms with Gasteiger partial charge >= 0.3 is 0 Å². The van der Waals surface area contributed by atoms with Crippen molar-refractivity contribution in [1.82, 2.24) is 5.32 Å². The highest BCUT2D eigenvalue weighted by Gasteiger charge is 2.21. The number of carbonyl (C=O) groups is 1. The number of thiocarbonyl (C=S) groups is 1. The first-order chi connectivity index (χ1) is 10.6. The molecule has 0 aromatic heterocycles. The van der Waals surface area contributed by atoms with E-state index in [0.717, 1.165) is 17.1 Å². The van der Waals surface area contributed by atoms with Crippen molar-refractivity contribution in [1.29, 1.82) is 0 Å². The molecule has 3 rings (SSSR count). The molecular formula is C17H13NO2S2. The Balaban J connectivity index is 1.73. The number of benzene rings is 2. The Morgan fingerprint density at radius 1 is 1.05 bits per heavy atom. The van der Waals surface area contributed by atoms with Crippen LogP contribution in [0.2, 0.25) is 0 Å². The lowest BCUT2D eigenvalue weighted by atomic mass is 10.2. The van der Waals surface area contributed by atoms with E-state index >= 15 is 0 Å². The van der Waals surface area contributed by atoms with Crippen LogP contribution in [0, 0.1) is 6.92 Å². The highest BCUT2D eigenvalue weighted by atomic mass is 32.2. The van der Waals surface area contributed by atoms with Crippen molar-refractivity contribution in [3.63, 3.8) is 0 Å². The molecule has 1 fully saturated rings. The molecule has 110 valence electrons. The summed E-state index contributed by atoms with van der Waals surface area (Å²) in [7, 11) is 0. The molecule has 0 atom stereocenters. The molecule has 0 radical (unpaired) electrons. The molecular weight excluding hydrogens is 314 g/mol. The maximum atomic E-state index is 11.6. The van der Waals surface area contributed by atoms with Crippen LogP contribution in [-0.2, 0) is 4.79 Å². The predicted octanol–water partition coefficient (Wildman–Crippen LogP) is 4.28. The Bertz CT molecular complexity index is 749. The molecule has 0 aliphatic carbocycles. The van der Waals surface area contributed by atoms with Crippen LogP contribution in [-0.4, -0.2) is 10.2 Å². The Labute approximate surface area is 138 Å². The zero-order valence-electron chi connectivity index (χ0n) is 11.8. The first kappa shape index (κ1) is 14.8. The number of aryl methyl sites for hydroxylation is 1. The van der Waals surface area contributed by atoms with E-state index in [4.69, 9.17) is 17.0 Å². The minimum atomic E-state index is -0.144. The van der Waals surface area contributed by atoms with Gasteiger partial charge in [-0.05, 0) is 42.8 Å². The third-order valence-corrected chi connectivity index (χ3v) is 4.24. The average molecular weight is 327 g/mol. The second-order valence-electron chi connectivity index (χ2n) is 4.84. The summed E-state index contributed by atoms with van der Waals surface area (Å²) in [5, 5.41) is 2.60. The molecule has 1 N–H and O–H groups in total. The lowest BCUT2D eigenvalue weighted by molar-refractivity contribution is -0.115. The van der Waals surface area contributed by atoms with E-state index in [1.807, 2.05) is 61.5 Å². The molecule has 0 saturated carbocycles. The van der Waals surface area contributed by atoms with Crippen LogP contribution in [0.3, 0.4) is 0 Å². The zero-order chi connectivity index (χ0) is 15.5. The third-order valence-electron chi connectivity index (χ3n) is 3.08. The Kier molecular flexibility index (Phi) is 4.27. The van der Waals surface area contributed by atoms with Gasteiger partial charge in [0.15, 0.2) is 0 Å². The van der Waals surface area contributed by atoms with E-state index in [1.165, 1.54) is 17.3 Å². The predicted molar refractivity (Wildman–Crippen MR) is 94.0 cm³/mol. The number of rotatable bonds is 3. The summed E-state index contributed by atoms with van der Waals surface area (Å²) < 4.78 is 6.27. The van der Waals surface area contributed by atoms with E-state index in [2.05, 4.69) is 5.32 Å². The van der Waals surface area contributed by atoms with Gasteiger partial charge in [0.25, 0.3) is 5.91 Å². The molecule has 2 aromatic carbocycles. The molecule has 1 amide bonds. The molecule has 1 aliphatic heterocycles. The van der Waals surface area contributed by atoms with E-state index in [0.29, 0.717) is 9.23 Å². The average Bonchev–Trinajstić information content (AvgIpc) is 2.81. The second kappa shape index (κ2) is 6.34. The number of ether oxygens (including phenoxy) is 1. The molecule has 5 heteroatoms. The monoisotopic (exact) mass is 327 g/mol. The molecule has 1 aliphatic rings. The van der Waals surface area contributed by atoms with Crippen molar-refractivity contribution < 1.29 is 9.53 Å². The summed E-state index contributed by atoms with van der Waals surface area (Å²) in [5.41, 5.74) is 2.12. The van der Waals surface area contributed by atoms with Crippen LogP contribution in [0.25, 0.3) is 6.08 Å². The number of hydrogen-bond acceptors (Lipinski definition) is 4. The van der Waals surface area contributed by atoms with Gasteiger partial charge in [0.2, 0.25) is 0 Å². The van der Waals surface area contributed by atoms with Crippen LogP contribution < -0.4 is 10.1 Å². The smallest absolute Gasteiger partial charge is 0.263 e. The minimum absolute atomic E-state index is 0.144. The first-order valence-electron chi connectivity index (χ1n) is 6.69. The standard InChI is InChI=1S/C17H13NO2S2/c1-11-2-6-13(7-3-11)20-14-8-4-12(5-9-14)10-15-16(19)18-17(21)22-15/h2-10H,1H3,(H,18,19,21)/b15-10-. The van der Waals surface area contributed by atoms with Crippen LogP contribution in [0.15, 0.2) is 53.4 Å². The van der Waals surface area contributed by atoms with Crippen LogP contribution in [0.4, 0.5) is 0 Å². The molecule has 0 bridgehead atoms. The number of hydrogen-bond donors (Lipinski definition) is 1. The van der Waals surface area contributed by atoms with Gasteiger partial charge in [-0.25, -0.2) is 0 Å². The van der Waals surface area contributed by atoms with Gasteiger partial charge in [-0.3, -0.25) is 4.79 Å². The van der Waals surface area contributed by atoms with Crippen LogP contribution >= 0.6 is 24.0 Å². The normalized spacial score (nSPS) is 16.0. The summed E-state index contributed by atoms with van der Waals surface area (Å²) in [6, 6.07) is 15.5. The van der Waals surface area contributed by atoms with E-state index in [9.17, 15) is 4.79 Å². The van der Waals surface area contributed by atoms with Gasteiger partial charge < -0.3 is 10.1 Å². The number of thioether (sulfide) groups is 1. The molecule has 1 heterocycles. The summed E-state index contributed by atoms with van der Waals surface area (Å²) in [6.45, 7) is 2.04. The van der Waals surface area contributed by atoms with Crippen LogP contribution in [0.1, 0.15) is 11.1 Å². The van der Waals surface area contributed by atoms with E-state index < -0.39 is 0 Å². The Morgan fingerprint density at radius 3 is 2.18 bits per heavy atom. The third kappa shape index (κ3) is 3.55. The Hall–Kier alpha value is -2.11. The van der Waals surface area contributed by atoms with Crippen LogP contribution in [0.5, 0.6) is 11.5 Å². The van der Waals surface area contributed by atoms with Gasteiger partial charge in [0.05, 0.1) is 4.91 Å². The first-order valence-corrected chi connectivity index (χ1v) is 7.92. The fraction of sp³-hybridized carbons (Fsp3) is 0.0588. The maximum absolute atomic E-state index is 11.6. The lowest BCUT2D eigenvalue weighted by Gasteiger charge is -2.06. The molecule has 3 nitrogen and oxygen atoms in total. The quantitative estimate of drug-likeness (QED) is 0.675. The SMILES string of the molecule is Cc1ccc(Oc2ccc(/C=C3\SC(=S)NC3=O)cc2)cc1. The van der Waals surface area contributed by atoms with Gasteiger partial charge in [-0.2, -0.15) is 0 Å². The maximum Gasteiger partial charge on any atom is 0.263 e. The minimum Gasteiger partial charge on any atom is -0.457 e. The van der Waals surface area contributed by atoms with E-state index in [1.54, 1.807) is 0 Å². The van der Waals surface area contributed by atoms with Gasteiger partial charge in [-0.15, -0.1) is 0 Å². The lowest BCUT2D eigenvalue weighted by Crippen LogP contribution is -2.17. The highest BCUT2D eigenvalue weighted by molar-refractivity contribution is 8.26. The topological polar surface area (TPSA) is 38.3 Å². The fourth-order valence-corrected chi connectivity index (χ4v) is 2.99. The number of nitrogens with one attached hydrogen (secondary N) is 1. The number of amides is 1. The summed E-state index contributed by atoms with van der Waals surface area (Å²) in [6.07, 6.45) is 1.81. The van der Waals surface area contributed by atoms with Crippen molar-refractivity contribution in [3.8, 4) is 11.5 Å². The van der Waals surface area contributed by atoms with Crippen molar-refractivity contribution in [3.05, 3.63) is 64.6 Å². The summed E-state index contributed by atoms with van der Waals surface area (Å²) >= 11 is 6.24. The summed E-state index contributed by atoms with van der Waals surface area (Å²) in [5.74, 6) is 1.41. The highest BCUT2D eigenvalue weighted by Crippen LogP contribution is 2.27. The van der Waals surface area contributed by atoms with Gasteiger partial charge in [0.1, 0.15) is 15.8 Å². The Morgan fingerprint density at radius 2 is 1.64 bits per heavy atom. The zero-order valence-corrected chi connectivity index (χ0v) is 13.5. The second-order valence-corrected chi connectivity index (χ2v) is 6.56. The van der Waals surface area contributed by atoms with Gasteiger partial charge in [0, 0.05) is 0 Å². The summed E-state index contributed by atoms with van der Waals surface area (Å²) in [4.78, 5) is 12.2. The molecule has 2 aromatic rings. The molecule has 0 unspecified atom stereocenters. The van der Waals surface area contributed by atoms with Crippen molar-refractivity contribution >= 4 is 40.3 Å². The molecule has 0 spiro atoms. The van der Waals surface area contributed by atoms with Crippen molar-refractivity contribution in [2.75, 3.05) is 0 Å². The van der Waals surface area contributed by atoms with Crippen molar-refractivity contribution in [2.24, 2.45) is 0 Å². The largest absolute Gasteiger partial charge is 0.457 e. The number of carbonyl (C=O) groups excluding carboxylic acids is 1.